The van der Waals surface area contributed by atoms with Crippen LogP contribution in [0.5, 0.6) is 11.5 Å². The molecule has 1 fully saturated rings. The zero-order valence-electron chi connectivity index (χ0n) is 16.4. The van der Waals surface area contributed by atoms with E-state index in [9.17, 15) is 9.59 Å². The summed E-state index contributed by atoms with van der Waals surface area (Å²) < 4.78 is 10.3. The molecule has 150 valence electrons. The molecule has 0 aromatic heterocycles. The molecule has 2 aromatic rings. The van der Waals surface area contributed by atoms with Crippen molar-refractivity contribution >= 4 is 23.2 Å². The molecule has 2 N–H and O–H groups in total. The third-order valence-corrected chi connectivity index (χ3v) is 5.78. The van der Waals surface area contributed by atoms with Crippen LogP contribution in [0.4, 0.5) is 11.4 Å². The molecule has 4 rings (SSSR count). The third-order valence-electron chi connectivity index (χ3n) is 5.78. The smallest absolute Gasteiger partial charge is 0.228 e. The van der Waals surface area contributed by atoms with Gasteiger partial charge in [-0.15, -0.1) is 0 Å². The van der Waals surface area contributed by atoms with Crippen LogP contribution in [-0.4, -0.2) is 26.0 Å². The van der Waals surface area contributed by atoms with Gasteiger partial charge in [0.15, 0.2) is 0 Å². The second kappa shape index (κ2) is 7.99. The van der Waals surface area contributed by atoms with Crippen LogP contribution in [0.15, 0.2) is 60.7 Å². The number of anilines is 2. The number of allylic oxidation sites excluding steroid dienone is 2. The highest BCUT2D eigenvalue weighted by molar-refractivity contribution is 6.01. The molecule has 6 heteroatoms. The molecule has 0 aliphatic heterocycles. The van der Waals surface area contributed by atoms with Crippen molar-refractivity contribution in [2.24, 2.45) is 23.7 Å². The van der Waals surface area contributed by atoms with Crippen LogP contribution in [0.3, 0.4) is 0 Å². The number of carbonyl (C=O) groups excluding carboxylic acids is 2. The van der Waals surface area contributed by atoms with E-state index < -0.39 is 0 Å². The van der Waals surface area contributed by atoms with E-state index in [1.54, 1.807) is 62.8 Å². The van der Waals surface area contributed by atoms with E-state index in [2.05, 4.69) is 22.8 Å². The summed E-state index contributed by atoms with van der Waals surface area (Å²) in [5.41, 5.74) is 1.38. The van der Waals surface area contributed by atoms with E-state index in [0.717, 1.165) is 17.9 Å². The Labute approximate surface area is 169 Å². The lowest BCUT2D eigenvalue weighted by atomic mass is 9.81. The average Bonchev–Trinajstić information content (AvgIpc) is 3.36. The predicted molar refractivity (Wildman–Crippen MR) is 111 cm³/mol. The van der Waals surface area contributed by atoms with Crippen LogP contribution >= 0.6 is 0 Å². The summed E-state index contributed by atoms with van der Waals surface area (Å²) in [5, 5.41) is 5.92. The van der Waals surface area contributed by atoms with E-state index in [-0.39, 0.29) is 35.5 Å². The zero-order valence-corrected chi connectivity index (χ0v) is 16.4. The minimum atomic E-state index is -0.384. The molecule has 2 aliphatic rings. The molecule has 0 unspecified atom stereocenters. The Bertz CT molecular complexity index is 845. The van der Waals surface area contributed by atoms with Crippen molar-refractivity contribution in [1.82, 2.24) is 0 Å². The second-order valence-corrected chi connectivity index (χ2v) is 7.44. The highest BCUT2D eigenvalue weighted by Crippen LogP contribution is 2.48. The lowest BCUT2D eigenvalue weighted by Crippen LogP contribution is -2.39. The number of hydrogen-bond acceptors (Lipinski definition) is 4. The first-order valence-electron chi connectivity index (χ1n) is 9.67. The molecule has 2 aliphatic carbocycles. The lowest BCUT2D eigenvalue weighted by molar-refractivity contribution is -0.129. The van der Waals surface area contributed by atoms with Crippen LogP contribution in [0.25, 0.3) is 0 Å². The maximum Gasteiger partial charge on any atom is 0.228 e. The highest BCUT2D eigenvalue weighted by Gasteiger charge is 2.51. The summed E-state index contributed by atoms with van der Waals surface area (Å²) in [6, 6.07) is 14.4. The van der Waals surface area contributed by atoms with E-state index in [0.29, 0.717) is 11.4 Å². The van der Waals surface area contributed by atoms with Crippen molar-refractivity contribution in [2.45, 2.75) is 6.42 Å². The molecular weight excluding hydrogens is 368 g/mol. The number of carbonyl (C=O) groups is 2. The minimum Gasteiger partial charge on any atom is -0.497 e. The van der Waals surface area contributed by atoms with Gasteiger partial charge in [0.25, 0.3) is 0 Å². The van der Waals surface area contributed by atoms with E-state index in [4.69, 9.17) is 9.47 Å². The van der Waals surface area contributed by atoms with Gasteiger partial charge in [0.05, 0.1) is 26.1 Å². The van der Waals surface area contributed by atoms with E-state index in [1.807, 2.05) is 0 Å². The molecule has 6 nitrogen and oxygen atoms in total. The Morgan fingerprint density at radius 1 is 0.724 bits per heavy atom. The molecular formula is C23H24N2O4. The number of nitrogens with one attached hydrogen (secondary N) is 2. The molecule has 0 radical (unpaired) electrons. The van der Waals surface area contributed by atoms with Gasteiger partial charge in [0.1, 0.15) is 11.5 Å². The largest absolute Gasteiger partial charge is 0.497 e. The number of amides is 2. The van der Waals surface area contributed by atoms with Gasteiger partial charge in [0, 0.05) is 11.4 Å². The number of hydrogen-bond donors (Lipinski definition) is 2. The van der Waals surface area contributed by atoms with Gasteiger partial charge >= 0.3 is 0 Å². The van der Waals surface area contributed by atoms with Crippen molar-refractivity contribution in [3.63, 3.8) is 0 Å². The first-order chi connectivity index (χ1) is 14.1. The fraction of sp³-hybridized carbons (Fsp3) is 0.304. The molecule has 2 bridgehead atoms. The first-order valence-corrected chi connectivity index (χ1v) is 9.67. The first kappa shape index (κ1) is 19.1. The number of rotatable bonds is 6. The Balaban J connectivity index is 1.48. The molecule has 1 saturated carbocycles. The van der Waals surface area contributed by atoms with Gasteiger partial charge < -0.3 is 20.1 Å². The monoisotopic (exact) mass is 392 g/mol. The fourth-order valence-corrected chi connectivity index (χ4v) is 4.34. The summed E-state index contributed by atoms with van der Waals surface area (Å²) in [6.45, 7) is 0. The van der Waals surface area contributed by atoms with Crippen molar-refractivity contribution in [1.29, 1.82) is 0 Å². The van der Waals surface area contributed by atoms with Crippen molar-refractivity contribution in [3.05, 3.63) is 60.7 Å². The quantitative estimate of drug-likeness (QED) is 0.735. The van der Waals surface area contributed by atoms with Gasteiger partial charge in [-0.3, -0.25) is 9.59 Å². The van der Waals surface area contributed by atoms with Crippen molar-refractivity contribution in [3.8, 4) is 11.5 Å². The van der Waals surface area contributed by atoms with E-state index in [1.165, 1.54) is 0 Å². The summed E-state index contributed by atoms with van der Waals surface area (Å²) >= 11 is 0. The molecule has 2 aromatic carbocycles. The standard InChI is InChI=1S/C23H24N2O4/c1-28-18-9-5-16(6-10-18)24-22(26)20-14-3-4-15(13-14)21(20)23(27)25-17-7-11-19(29-2)12-8-17/h3-12,14-15,20-21H,13H2,1-2H3,(H,24,26)(H,25,27)/t14-,15+,20-,21-/m0/s1. The summed E-state index contributed by atoms with van der Waals surface area (Å²) in [6.07, 6.45) is 4.97. The van der Waals surface area contributed by atoms with Crippen molar-refractivity contribution < 1.29 is 19.1 Å². The lowest BCUT2D eigenvalue weighted by Gasteiger charge is -2.26. The van der Waals surface area contributed by atoms with Crippen LogP contribution in [-0.2, 0) is 9.59 Å². The maximum absolute atomic E-state index is 13.0. The summed E-state index contributed by atoms with van der Waals surface area (Å²) in [5.74, 6) is 0.611. The van der Waals surface area contributed by atoms with Gasteiger partial charge in [0.2, 0.25) is 11.8 Å². The van der Waals surface area contributed by atoms with Gasteiger partial charge in [-0.05, 0) is 66.8 Å². The molecule has 0 spiro atoms. The molecule has 0 heterocycles. The van der Waals surface area contributed by atoms with Gasteiger partial charge in [-0.1, -0.05) is 12.2 Å². The van der Waals surface area contributed by atoms with Crippen LogP contribution in [0.2, 0.25) is 0 Å². The number of benzene rings is 2. The Morgan fingerprint density at radius 2 is 1.10 bits per heavy atom. The maximum atomic E-state index is 13.0. The number of ether oxygens (including phenoxy) is 2. The Hall–Kier alpha value is -3.28. The second-order valence-electron chi connectivity index (χ2n) is 7.44. The molecule has 0 saturated heterocycles. The summed E-state index contributed by atoms with van der Waals surface area (Å²) in [4.78, 5) is 26.1. The third kappa shape index (κ3) is 3.83. The predicted octanol–water partition coefficient (Wildman–Crippen LogP) is 3.72. The molecule has 4 atom stereocenters. The Morgan fingerprint density at radius 3 is 1.45 bits per heavy atom. The minimum absolute atomic E-state index is 0.0878. The van der Waals surface area contributed by atoms with Gasteiger partial charge in [-0.25, -0.2) is 0 Å². The SMILES string of the molecule is COc1ccc(NC(=O)[C@@H]2[C@@H](C(=O)Nc3ccc(OC)cc3)[C@H]3C=C[C@@H]2C3)cc1. The average molecular weight is 392 g/mol. The molecule has 29 heavy (non-hydrogen) atoms. The topological polar surface area (TPSA) is 76.7 Å². The Kier molecular flexibility index (Phi) is 5.25. The van der Waals surface area contributed by atoms with E-state index >= 15 is 0 Å². The van der Waals surface area contributed by atoms with Crippen LogP contribution in [0.1, 0.15) is 6.42 Å². The highest BCUT2D eigenvalue weighted by atomic mass is 16.5. The van der Waals surface area contributed by atoms with Crippen LogP contribution < -0.4 is 20.1 Å². The normalized spacial score (nSPS) is 24.2. The summed E-state index contributed by atoms with van der Waals surface area (Å²) in [7, 11) is 3.20. The number of methoxy groups -OCH3 is 2. The fourth-order valence-electron chi connectivity index (χ4n) is 4.34. The number of fused-ring (bicyclic) bond motifs is 2. The van der Waals surface area contributed by atoms with Crippen LogP contribution in [0, 0.1) is 23.7 Å². The molecule has 2 amide bonds. The van der Waals surface area contributed by atoms with Crippen molar-refractivity contribution in [2.75, 3.05) is 24.9 Å². The zero-order chi connectivity index (χ0) is 20.4. The van der Waals surface area contributed by atoms with Gasteiger partial charge in [-0.2, -0.15) is 0 Å².